The molecule has 3 N–H and O–H groups in total. The highest BCUT2D eigenvalue weighted by atomic mass is 16.2. The Morgan fingerprint density at radius 2 is 1.76 bits per heavy atom. The number of carbonyl (C=O) groups excluding carboxylic acids is 1. The molecule has 2 aromatic rings. The lowest BCUT2D eigenvalue weighted by Crippen LogP contribution is -2.53. The molecule has 0 atom stereocenters. The van der Waals surface area contributed by atoms with Crippen LogP contribution in [-0.2, 0) is 13.0 Å². The van der Waals surface area contributed by atoms with Crippen LogP contribution in [0.3, 0.4) is 0 Å². The average molecular weight is 464 g/mol. The maximum Gasteiger partial charge on any atom is 0.318 e. The first-order valence-electron chi connectivity index (χ1n) is 12.7. The van der Waals surface area contributed by atoms with E-state index in [1.807, 2.05) is 11.0 Å². The van der Waals surface area contributed by atoms with E-state index in [2.05, 4.69) is 57.3 Å². The van der Waals surface area contributed by atoms with Gasteiger partial charge in [-0.1, -0.05) is 31.4 Å². The van der Waals surface area contributed by atoms with E-state index in [0.717, 1.165) is 69.1 Å². The van der Waals surface area contributed by atoms with Gasteiger partial charge in [-0.2, -0.15) is 4.98 Å². The number of amides is 2. The molecule has 3 heterocycles. The minimum atomic E-state index is -0.0738. The van der Waals surface area contributed by atoms with E-state index in [1.165, 1.54) is 30.4 Å². The Morgan fingerprint density at radius 1 is 1.00 bits per heavy atom. The third-order valence-electron chi connectivity index (χ3n) is 7.72. The number of fused-ring (bicyclic) bond motifs is 1. The summed E-state index contributed by atoms with van der Waals surface area (Å²) in [5.41, 5.74) is 10.4. The van der Waals surface area contributed by atoms with Crippen LogP contribution in [0.5, 0.6) is 0 Å². The van der Waals surface area contributed by atoms with Gasteiger partial charge in [-0.05, 0) is 50.4 Å². The molecule has 1 saturated carbocycles. The van der Waals surface area contributed by atoms with Gasteiger partial charge in [-0.3, -0.25) is 0 Å². The first-order chi connectivity index (χ1) is 16.4. The molecule has 1 saturated heterocycles. The lowest BCUT2D eigenvalue weighted by Gasteiger charge is -2.38. The van der Waals surface area contributed by atoms with Gasteiger partial charge >= 0.3 is 6.03 Å². The summed E-state index contributed by atoms with van der Waals surface area (Å²) in [6.45, 7) is 7.44. The largest absolute Gasteiger partial charge is 0.368 e. The van der Waals surface area contributed by atoms with Crippen molar-refractivity contribution in [2.75, 3.05) is 50.4 Å². The van der Waals surface area contributed by atoms with Crippen molar-refractivity contribution in [2.45, 2.75) is 57.5 Å². The summed E-state index contributed by atoms with van der Waals surface area (Å²) >= 11 is 0. The van der Waals surface area contributed by atoms with Crippen LogP contribution in [0.4, 0.5) is 16.6 Å². The van der Waals surface area contributed by atoms with Crippen LogP contribution < -0.4 is 16.0 Å². The molecule has 2 amide bonds. The van der Waals surface area contributed by atoms with Crippen LogP contribution in [0.25, 0.3) is 11.3 Å². The normalized spacial score (nSPS) is 20.6. The number of nitrogen functional groups attached to an aromatic ring is 1. The number of hydrogen-bond donors (Lipinski definition) is 2. The maximum absolute atomic E-state index is 13.1. The summed E-state index contributed by atoms with van der Waals surface area (Å²) in [5.74, 6) is 1.18. The molecule has 34 heavy (non-hydrogen) atoms. The Hall–Kier alpha value is -2.87. The zero-order valence-corrected chi connectivity index (χ0v) is 20.5. The first kappa shape index (κ1) is 22.9. The molecule has 0 unspecified atom stereocenters. The summed E-state index contributed by atoms with van der Waals surface area (Å²) in [5, 5.41) is 3.34. The van der Waals surface area contributed by atoms with E-state index in [-0.39, 0.29) is 11.6 Å². The minimum Gasteiger partial charge on any atom is -0.368 e. The number of nitrogens with zero attached hydrogens (tertiary/aromatic N) is 5. The van der Waals surface area contributed by atoms with E-state index in [4.69, 9.17) is 5.73 Å². The van der Waals surface area contributed by atoms with Gasteiger partial charge in [-0.15, -0.1) is 0 Å². The minimum absolute atomic E-state index is 0.0593. The van der Waals surface area contributed by atoms with Gasteiger partial charge in [0.05, 0.1) is 5.69 Å². The molecule has 0 radical (unpaired) electrons. The number of likely N-dealkylation sites (N-methyl/N-ethyl adjacent to an activating group) is 1. The monoisotopic (exact) mass is 463 g/mol. The third-order valence-corrected chi connectivity index (χ3v) is 7.72. The summed E-state index contributed by atoms with van der Waals surface area (Å²) in [6, 6.07) is 8.57. The zero-order valence-electron chi connectivity index (χ0n) is 20.5. The second-order valence-corrected chi connectivity index (χ2v) is 10.5. The van der Waals surface area contributed by atoms with E-state index in [0.29, 0.717) is 12.5 Å². The van der Waals surface area contributed by atoms with Gasteiger partial charge < -0.3 is 25.8 Å². The first-order valence-corrected chi connectivity index (χ1v) is 12.7. The summed E-state index contributed by atoms with van der Waals surface area (Å²) in [4.78, 5) is 28.7. The number of anilines is 2. The van der Waals surface area contributed by atoms with Gasteiger partial charge in [0.1, 0.15) is 5.82 Å². The highest BCUT2D eigenvalue weighted by Crippen LogP contribution is 2.30. The molecule has 0 bridgehead atoms. The van der Waals surface area contributed by atoms with Crippen LogP contribution in [0.2, 0.25) is 0 Å². The Kier molecular flexibility index (Phi) is 6.34. The van der Waals surface area contributed by atoms with Crippen LogP contribution in [0.1, 0.15) is 50.2 Å². The van der Waals surface area contributed by atoms with Crippen molar-refractivity contribution in [1.29, 1.82) is 0 Å². The third kappa shape index (κ3) is 4.97. The lowest BCUT2D eigenvalue weighted by atomic mass is 9.83. The SMILES string of the molecule is CN1CCN(c2cc(-c3ccc4c(c3)CN(C(=O)NC3(C)CCCCC3)CC4)nc(N)n2)CC1. The molecule has 0 spiro atoms. The lowest BCUT2D eigenvalue weighted by molar-refractivity contribution is 0.168. The van der Waals surface area contributed by atoms with Gasteiger partial charge in [0.2, 0.25) is 5.95 Å². The Morgan fingerprint density at radius 3 is 2.53 bits per heavy atom. The van der Waals surface area contributed by atoms with E-state index in [9.17, 15) is 4.79 Å². The summed E-state index contributed by atoms with van der Waals surface area (Å²) in [7, 11) is 2.14. The second-order valence-electron chi connectivity index (χ2n) is 10.5. The molecule has 3 aliphatic rings. The second kappa shape index (κ2) is 9.41. The van der Waals surface area contributed by atoms with Gasteiger partial charge in [-0.25, -0.2) is 9.78 Å². The standard InChI is InChI=1S/C26H37N7O/c1-26(9-4-3-5-10-26)30-25(34)33-11-8-19-6-7-20(16-21(19)18-33)22-17-23(29-24(27)28-22)32-14-12-31(2)13-15-32/h6-7,16-17H,3-5,8-15,18H2,1-2H3,(H,30,34)(H2,27,28,29). The summed E-state index contributed by atoms with van der Waals surface area (Å²) < 4.78 is 0. The number of benzene rings is 1. The number of rotatable bonds is 3. The van der Waals surface area contributed by atoms with Crippen LogP contribution >= 0.6 is 0 Å². The molecule has 1 aromatic heterocycles. The molecule has 1 aromatic carbocycles. The molecular formula is C26H37N7O. The molecule has 8 nitrogen and oxygen atoms in total. The van der Waals surface area contributed by atoms with Crippen molar-refractivity contribution in [3.8, 4) is 11.3 Å². The van der Waals surface area contributed by atoms with E-state index >= 15 is 0 Å². The van der Waals surface area contributed by atoms with Crippen molar-refractivity contribution in [1.82, 2.24) is 25.1 Å². The van der Waals surface area contributed by atoms with Crippen LogP contribution in [0, 0.1) is 0 Å². The van der Waals surface area contributed by atoms with Gasteiger partial charge in [0.25, 0.3) is 0 Å². The zero-order chi connectivity index (χ0) is 23.7. The highest BCUT2D eigenvalue weighted by Gasteiger charge is 2.31. The number of urea groups is 1. The maximum atomic E-state index is 13.1. The number of aromatic nitrogens is 2. The quantitative estimate of drug-likeness (QED) is 0.726. The van der Waals surface area contributed by atoms with Crippen molar-refractivity contribution < 1.29 is 4.79 Å². The van der Waals surface area contributed by atoms with Crippen molar-refractivity contribution in [3.63, 3.8) is 0 Å². The average Bonchev–Trinajstić information content (AvgIpc) is 2.83. The van der Waals surface area contributed by atoms with Crippen LogP contribution in [-0.4, -0.2) is 71.1 Å². The molecule has 2 fully saturated rings. The number of piperazine rings is 1. The molecule has 8 heteroatoms. The Bertz CT molecular complexity index is 1040. The fraction of sp³-hybridized carbons (Fsp3) is 0.577. The highest BCUT2D eigenvalue weighted by molar-refractivity contribution is 5.76. The van der Waals surface area contributed by atoms with Crippen molar-refractivity contribution in [3.05, 3.63) is 35.4 Å². The van der Waals surface area contributed by atoms with Crippen LogP contribution in [0.15, 0.2) is 24.3 Å². The number of carbonyl (C=O) groups is 1. The van der Waals surface area contributed by atoms with E-state index < -0.39 is 0 Å². The predicted octanol–water partition coefficient (Wildman–Crippen LogP) is 3.27. The van der Waals surface area contributed by atoms with Crippen molar-refractivity contribution >= 4 is 17.8 Å². The molecule has 2 aliphatic heterocycles. The Labute approximate surface area is 202 Å². The molecule has 182 valence electrons. The van der Waals surface area contributed by atoms with Gasteiger partial charge in [0, 0.05) is 56.4 Å². The number of nitrogens with two attached hydrogens (primary N) is 1. The fourth-order valence-corrected chi connectivity index (χ4v) is 5.48. The topological polar surface area (TPSA) is 90.6 Å². The smallest absolute Gasteiger partial charge is 0.318 e. The molecule has 1 aliphatic carbocycles. The number of hydrogen-bond acceptors (Lipinski definition) is 6. The predicted molar refractivity (Wildman–Crippen MR) is 136 cm³/mol. The van der Waals surface area contributed by atoms with Crippen molar-refractivity contribution in [2.24, 2.45) is 0 Å². The fourth-order valence-electron chi connectivity index (χ4n) is 5.48. The van der Waals surface area contributed by atoms with E-state index in [1.54, 1.807) is 0 Å². The molecule has 5 rings (SSSR count). The number of nitrogens with one attached hydrogen (secondary N) is 1. The van der Waals surface area contributed by atoms with Gasteiger partial charge in [0.15, 0.2) is 0 Å². The Balaban J connectivity index is 1.33. The summed E-state index contributed by atoms with van der Waals surface area (Å²) in [6.07, 6.45) is 6.67. The molecular weight excluding hydrogens is 426 g/mol.